The quantitative estimate of drug-likeness (QED) is 0.139. The van der Waals surface area contributed by atoms with Gasteiger partial charge in [0.1, 0.15) is 18.1 Å². The molecule has 32 heavy (non-hydrogen) atoms. The van der Waals surface area contributed by atoms with Gasteiger partial charge in [0.05, 0.1) is 19.1 Å². The summed E-state index contributed by atoms with van der Waals surface area (Å²) in [4.78, 5) is 71.1. The van der Waals surface area contributed by atoms with Crippen molar-refractivity contribution in [2.24, 2.45) is 11.7 Å². The average Bonchev–Trinajstić information content (AvgIpc) is 2.68. The van der Waals surface area contributed by atoms with Crippen molar-refractivity contribution in [2.75, 3.05) is 13.7 Å². The standard InChI is InChI=1S/C18H30N4O10/c1-8(2)14(18(31)32)21-15(28)10(6-13(26)27)20-16(29)11(7-23)22(3)17(30)9(19)4-5-12(24)25/h8-11,14,23H,4-7,19H2,1-3H3,(H,20,29)(H,21,28)(H,24,25)(H,26,27)(H,31,32)/t9-,10-,11-,14-/m0/s1. The summed E-state index contributed by atoms with van der Waals surface area (Å²) in [5.74, 6) is -7.58. The Labute approximate surface area is 183 Å². The summed E-state index contributed by atoms with van der Waals surface area (Å²) in [5.41, 5.74) is 5.62. The minimum atomic E-state index is -1.70. The molecule has 0 bridgehead atoms. The minimum Gasteiger partial charge on any atom is -0.481 e. The number of likely N-dealkylation sites (N-methyl/N-ethyl adjacent to an activating group) is 1. The number of carboxylic acids is 3. The maximum Gasteiger partial charge on any atom is 0.326 e. The van der Waals surface area contributed by atoms with Gasteiger partial charge in [-0.2, -0.15) is 0 Å². The molecule has 14 nitrogen and oxygen atoms in total. The molecule has 0 aliphatic rings. The molecular formula is C18H30N4O10. The van der Waals surface area contributed by atoms with Crippen LogP contribution in [0.15, 0.2) is 0 Å². The Morgan fingerprint density at radius 1 is 0.938 bits per heavy atom. The normalized spacial score (nSPS) is 14.6. The van der Waals surface area contributed by atoms with Gasteiger partial charge >= 0.3 is 17.9 Å². The van der Waals surface area contributed by atoms with Gasteiger partial charge in [-0.3, -0.25) is 24.0 Å². The zero-order valence-corrected chi connectivity index (χ0v) is 18.0. The molecular weight excluding hydrogens is 432 g/mol. The van der Waals surface area contributed by atoms with Gasteiger partial charge in [-0.25, -0.2) is 4.79 Å². The smallest absolute Gasteiger partial charge is 0.326 e. The maximum atomic E-state index is 12.6. The summed E-state index contributed by atoms with van der Waals surface area (Å²) in [6.07, 6.45) is -1.53. The van der Waals surface area contributed by atoms with E-state index < -0.39 is 85.2 Å². The molecule has 0 saturated heterocycles. The second-order valence-corrected chi connectivity index (χ2v) is 7.41. The Kier molecular flexibility index (Phi) is 11.9. The lowest BCUT2D eigenvalue weighted by atomic mass is 10.0. The Bertz CT molecular complexity index is 727. The van der Waals surface area contributed by atoms with E-state index in [4.69, 9.17) is 15.9 Å². The number of carbonyl (C=O) groups is 6. The van der Waals surface area contributed by atoms with Crippen molar-refractivity contribution < 1.29 is 49.2 Å². The molecule has 0 saturated carbocycles. The number of carboxylic acid groups (broad SMARTS) is 3. The number of nitrogens with zero attached hydrogens (tertiary/aromatic N) is 1. The second-order valence-electron chi connectivity index (χ2n) is 7.41. The highest BCUT2D eigenvalue weighted by molar-refractivity contribution is 5.95. The minimum absolute atomic E-state index is 0.228. The highest BCUT2D eigenvalue weighted by Gasteiger charge is 2.34. The number of carbonyl (C=O) groups excluding carboxylic acids is 3. The molecule has 3 amide bonds. The Morgan fingerprint density at radius 3 is 1.91 bits per heavy atom. The van der Waals surface area contributed by atoms with Crippen LogP contribution in [0.25, 0.3) is 0 Å². The van der Waals surface area contributed by atoms with E-state index in [0.717, 1.165) is 11.9 Å². The molecule has 0 heterocycles. The number of aliphatic hydroxyl groups excluding tert-OH is 1. The number of amides is 3. The summed E-state index contributed by atoms with van der Waals surface area (Å²) >= 11 is 0. The average molecular weight is 462 g/mol. The molecule has 0 aromatic rings. The summed E-state index contributed by atoms with van der Waals surface area (Å²) in [7, 11) is 1.12. The summed E-state index contributed by atoms with van der Waals surface area (Å²) in [5, 5.41) is 40.7. The Hall–Kier alpha value is -3.26. The number of aliphatic carboxylic acids is 3. The molecule has 0 aromatic heterocycles. The van der Waals surface area contributed by atoms with Gasteiger partial charge in [0, 0.05) is 13.5 Å². The fraction of sp³-hybridized carbons (Fsp3) is 0.667. The van der Waals surface area contributed by atoms with Gasteiger partial charge in [0.15, 0.2) is 0 Å². The van der Waals surface area contributed by atoms with E-state index in [2.05, 4.69) is 10.6 Å². The molecule has 0 radical (unpaired) electrons. The third-order valence-corrected chi connectivity index (χ3v) is 4.52. The van der Waals surface area contributed by atoms with Gasteiger partial charge in [-0.1, -0.05) is 13.8 Å². The van der Waals surface area contributed by atoms with E-state index in [1.807, 2.05) is 0 Å². The number of hydrogen-bond acceptors (Lipinski definition) is 8. The lowest BCUT2D eigenvalue weighted by Gasteiger charge is -2.29. The highest BCUT2D eigenvalue weighted by atomic mass is 16.4. The molecule has 0 spiro atoms. The first-order chi connectivity index (χ1) is 14.7. The molecule has 0 aliphatic heterocycles. The predicted octanol–water partition coefficient (Wildman–Crippen LogP) is -2.82. The van der Waals surface area contributed by atoms with Crippen molar-refractivity contribution in [3.8, 4) is 0 Å². The molecule has 8 N–H and O–H groups in total. The van der Waals surface area contributed by atoms with Crippen LogP contribution in [-0.4, -0.2) is 98.8 Å². The van der Waals surface area contributed by atoms with Gasteiger partial charge < -0.3 is 41.7 Å². The van der Waals surface area contributed by atoms with Crippen LogP contribution in [0.1, 0.15) is 33.1 Å². The first-order valence-corrected chi connectivity index (χ1v) is 9.63. The molecule has 0 fully saturated rings. The van der Waals surface area contributed by atoms with Crippen molar-refractivity contribution in [1.29, 1.82) is 0 Å². The molecule has 4 atom stereocenters. The topological polar surface area (TPSA) is 237 Å². The number of rotatable bonds is 14. The van der Waals surface area contributed by atoms with E-state index >= 15 is 0 Å². The maximum absolute atomic E-state index is 12.6. The molecule has 0 unspecified atom stereocenters. The van der Waals surface area contributed by atoms with Gasteiger partial charge in [0.25, 0.3) is 0 Å². The van der Waals surface area contributed by atoms with Crippen LogP contribution in [0.5, 0.6) is 0 Å². The lowest BCUT2D eigenvalue weighted by molar-refractivity contribution is -0.146. The predicted molar refractivity (Wildman–Crippen MR) is 107 cm³/mol. The SMILES string of the molecule is CC(C)[C@H](NC(=O)[C@H](CC(=O)O)NC(=O)[C@H](CO)N(C)C(=O)[C@@H](N)CCC(=O)O)C(=O)O. The summed E-state index contributed by atoms with van der Waals surface area (Å²) < 4.78 is 0. The molecule has 0 rings (SSSR count). The molecule has 182 valence electrons. The third-order valence-electron chi connectivity index (χ3n) is 4.52. The Morgan fingerprint density at radius 2 is 1.50 bits per heavy atom. The summed E-state index contributed by atoms with van der Waals surface area (Å²) in [6, 6.07) is -5.89. The largest absolute Gasteiger partial charge is 0.481 e. The molecule has 14 heteroatoms. The molecule has 0 aromatic carbocycles. The summed E-state index contributed by atoms with van der Waals surface area (Å²) in [6.45, 7) is 2.12. The van der Waals surface area contributed by atoms with Gasteiger partial charge in [-0.15, -0.1) is 0 Å². The number of nitrogens with one attached hydrogen (secondary N) is 2. The van der Waals surface area contributed by atoms with Crippen molar-refractivity contribution in [3.05, 3.63) is 0 Å². The number of aliphatic hydroxyl groups is 1. The zero-order valence-electron chi connectivity index (χ0n) is 18.0. The van der Waals surface area contributed by atoms with Crippen LogP contribution in [-0.2, 0) is 28.8 Å². The monoisotopic (exact) mass is 462 g/mol. The van der Waals surface area contributed by atoms with Crippen molar-refractivity contribution in [2.45, 2.75) is 57.3 Å². The van der Waals surface area contributed by atoms with Gasteiger partial charge in [0.2, 0.25) is 17.7 Å². The van der Waals surface area contributed by atoms with E-state index in [-0.39, 0.29) is 6.42 Å². The van der Waals surface area contributed by atoms with E-state index in [1.54, 1.807) is 0 Å². The molecule has 0 aliphatic carbocycles. The van der Waals surface area contributed by atoms with Gasteiger partial charge in [-0.05, 0) is 12.3 Å². The fourth-order valence-corrected chi connectivity index (χ4v) is 2.62. The zero-order chi connectivity index (χ0) is 25.2. The van der Waals surface area contributed by atoms with Crippen molar-refractivity contribution in [1.82, 2.24) is 15.5 Å². The first kappa shape index (κ1) is 28.7. The third kappa shape index (κ3) is 9.26. The number of hydrogen-bond donors (Lipinski definition) is 7. The lowest BCUT2D eigenvalue weighted by Crippen LogP contribution is -2.59. The van der Waals surface area contributed by atoms with Crippen LogP contribution in [0.3, 0.4) is 0 Å². The van der Waals surface area contributed by atoms with E-state index in [1.165, 1.54) is 13.8 Å². The number of nitrogens with two attached hydrogens (primary N) is 1. The second kappa shape index (κ2) is 13.2. The van der Waals surface area contributed by atoms with Crippen LogP contribution in [0.2, 0.25) is 0 Å². The van der Waals surface area contributed by atoms with Crippen LogP contribution >= 0.6 is 0 Å². The van der Waals surface area contributed by atoms with Crippen molar-refractivity contribution >= 4 is 35.6 Å². The van der Waals surface area contributed by atoms with Crippen LogP contribution in [0, 0.1) is 5.92 Å². The highest BCUT2D eigenvalue weighted by Crippen LogP contribution is 2.07. The van der Waals surface area contributed by atoms with E-state index in [0.29, 0.717) is 0 Å². The van der Waals surface area contributed by atoms with Crippen molar-refractivity contribution in [3.63, 3.8) is 0 Å². The van der Waals surface area contributed by atoms with E-state index in [9.17, 15) is 39.0 Å². The fourth-order valence-electron chi connectivity index (χ4n) is 2.62. The van der Waals surface area contributed by atoms with Crippen LogP contribution in [0.4, 0.5) is 0 Å². The Balaban J connectivity index is 5.44. The first-order valence-electron chi connectivity index (χ1n) is 9.63. The van der Waals surface area contributed by atoms with Crippen LogP contribution < -0.4 is 16.4 Å².